The van der Waals surface area contributed by atoms with Crippen LogP contribution in [0.25, 0.3) is 0 Å². The molecule has 2 aliphatic rings. The zero-order chi connectivity index (χ0) is 14.7. The molecule has 0 spiro atoms. The molecule has 0 atom stereocenters. The Morgan fingerprint density at radius 2 is 2.19 bits per heavy atom. The summed E-state index contributed by atoms with van der Waals surface area (Å²) in [5.74, 6) is 1.16. The Morgan fingerprint density at radius 3 is 2.95 bits per heavy atom. The van der Waals surface area contributed by atoms with E-state index in [0.717, 1.165) is 44.9 Å². The van der Waals surface area contributed by atoms with E-state index in [1.165, 1.54) is 16.9 Å². The molecule has 1 aliphatic heterocycles. The Morgan fingerprint density at radius 1 is 1.38 bits per heavy atom. The van der Waals surface area contributed by atoms with Crippen molar-refractivity contribution in [1.82, 2.24) is 15.3 Å². The van der Waals surface area contributed by atoms with Gasteiger partial charge in [-0.25, -0.2) is 5.01 Å². The van der Waals surface area contributed by atoms with Gasteiger partial charge in [0, 0.05) is 42.9 Å². The number of nitrogens with one attached hydrogen (secondary N) is 1. The standard InChI is InChI=1S/C16H26N4S/c1-19(18-12-16(17)7-4-8-16)13-20-9-10-21-15-6-3-2-5-14(15)11-20/h2-3,5-6,18H,4,7-13,17H2,1H3. The highest BCUT2D eigenvalue weighted by molar-refractivity contribution is 7.99. The minimum Gasteiger partial charge on any atom is -0.324 e. The Bertz CT molecular complexity index is 475. The third-order valence-electron chi connectivity index (χ3n) is 4.49. The molecule has 21 heavy (non-hydrogen) atoms. The lowest BCUT2D eigenvalue weighted by atomic mass is 9.78. The van der Waals surface area contributed by atoms with Gasteiger partial charge in [0.25, 0.3) is 0 Å². The van der Waals surface area contributed by atoms with Crippen LogP contribution >= 0.6 is 11.8 Å². The number of hydrogen-bond acceptors (Lipinski definition) is 5. The van der Waals surface area contributed by atoms with Crippen LogP contribution < -0.4 is 11.2 Å². The van der Waals surface area contributed by atoms with Crippen LogP contribution in [0.4, 0.5) is 0 Å². The minimum atomic E-state index is 0.0372. The van der Waals surface area contributed by atoms with E-state index in [2.05, 4.69) is 46.6 Å². The van der Waals surface area contributed by atoms with Crippen LogP contribution in [-0.2, 0) is 6.54 Å². The van der Waals surface area contributed by atoms with Crippen LogP contribution in [0.1, 0.15) is 24.8 Å². The highest BCUT2D eigenvalue weighted by Gasteiger charge is 2.32. The monoisotopic (exact) mass is 306 g/mol. The van der Waals surface area contributed by atoms with Crippen molar-refractivity contribution in [3.63, 3.8) is 0 Å². The van der Waals surface area contributed by atoms with Crippen molar-refractivity contribution in [3.8, 4) is 0 Å². The first-order valence-corrected chi connectivity index (χ1v) is 8.80. The predicted octanol–water partition coefficient (Wildman–Crippen LogP) is 1.87. The molecule has 1 aromatic rings. The molecule has 1 saturated carbocycles. The van der Waals surface area contributed by atoms with Crippen molar-refractivity contribution in [3.05, 3.63) is 29.8 Å². The van der Waals surface area contributed by atoms with Crippen molar-refractivity contribution in [1.29, 1.82) is 0 Å². The molecule has 0 radical (unpaired) electrons. The maximum atomic E-state index is 6.27. The van der Waals surface area contributed by atoms with Gasteiger partial charge in [-0.15, -0.1) is 11.8 Å². The van der Waals surface area contributed by atoms with Crippen molar-refractivity contribution >= 4 is 11.8 Å². The predicted molar refractivity (Wildman–Crippen MR) is 89.0 cm³/mol. The second-order valence-corrected chi connectivity index (χ2v) is 7.54. The second-order valence-electron chi connectivity index (χ2n) is 6.40. The van der Waals surface area contributed by atoms with E-state index in [0.29, 0.717) is 0 Å². The fraction of sp³-hybridized carbons (Fsp3) is 0.625. The van der Waals surface area contributed by atoms with Crippen LogP contribution in [0.3, 0.4) is 0 Å². The molecule has 116 valence electrons. The average molecular weight is 306 g/mol. The lowest BCUT2D eigenvalue weighted by Gasteiger charge is -2.40. The maximum absolute atomic E-state index is 6.27. The van der Waals surface area contributed by atoms with Gasteiger partial charge in [0.05, 0.1) is 6.67 Å². The fourth-order valence-corrected chi connectivity index (χ4v) is 4.01. The number of hydrazine groups is 1. The van der Waals surface area contributed by atoms with Gasteiger partial charge in [-0.1, -0.05) is 18.2 Å². The number of hydrogen-bond donors (Lipinski definition) is 2. The zero-order valence-corrected chi connectivity index (χ0v) is 13.7. The molecule has 3 rings (SSSR count). The smallest absolute Gasteiger partial charge is 0.0645 e. The molecule has 1 aromatic carbocycles. The third kappa shape index (κ3) is 3.99. The molecule has 0 unspecified atom stereocenters. The number of thioether (sulfide) groups is 1. The largest absolute Gasteiger partial charge is 0.324 e. The summed E-state index contributed by atoms with van der Waals surface area (Å²) in [6.45, 7) is 3.98. The van der Waals surface area contributed by atoms with Gasteiger partial charge in [0.2, 0.25) is 0 Å². The van der Waals surface area contributed by atoms with E-state index >= 15 is 0 Å². The Balaban J connectivity index is 1.50. The summed E-state index contributed by atoms with van der Waals surface area (Å²) < 4.78 is 0. The zero-order valence-electron chi connectivity index (χ0n) is 12.8. The highest BCUT2D eigenvalue weighted by atomic mass is 32.2. The van der Waals surface area contributed by atoms with Crippen molar-refractivity contribution in [2.45, 2.75) is 36.2 Å². The number of nitrogens with two attached hydrogens (primary N) is 1. The van der Waals surface area contributed by atoms with Gasteiger partial charge in [-0.2, -0.15) is 0 Å². The van der Waals surface area contributed by atoms with E-state index < -0.39 is 0 Å². The first-order valence-electron chi connectivity index (χ1n) is 7.81. The molecule has 0 saturated heterocycles. The molecule has 3 N–H and O–H groups in total. The number of benzene rings is 1. The molecule has 0 bridgehead atoms. The van der Waals surface area contributed by atoms with Gasteiger partial charge in [0.15, 0.2) is 0 Å². The van der Waals surface area contributed by atoms with Crippen LogP contribution in [0.15, 0.2) is 29.2 Å². The Labute approximate surface area is 132 Å². The molecular weight excluding hydrogens is 280 g/mol. The molecule has 1 fully saturated rings. The van der Waals surface area contributed by atoms with Crippen molar-refractivity contribution in [2.75, 3.05) is 32.6 Å². The molecule has 5 heteroatoms. The van der Waals surface area contributed by atoms with Crippen LogP contribution in [-0.4, -0.2) is 48.0 Å². The van der Waals surface area contributed by atoms with Crippen LogP contribution in [0.5, 0.6) is 0 Å². The summed E-state index contributed by atoms with van der Waals surface area (Å²) in [5.41, 5.74) is 11.2. The number of rotatable bonds is 5. The fourth-order valence-electron chi connectivity index (χ4n) is 2.95. The van der Waals surface area contributed by atoms with E-state index in [-0.39, 0.29) is 5.54 Å². The quantitative estimate of drug-likeness (QED) is 0.813. The molecule has 1 aliphatic carbocycles. The second kappa shape index (κ2) is 6.67. The SMILES string of the molecule is CN(CN1CCSc2ccccc2C1)NCC1(N)CCC1. The third-order valence-corrected chi connectivity index (χ3v) is 5.59. The number of fused-ring (bicyclic) bond motifs is 1. The molecule has 0 aromatic heterocycles. The van der Waals surface area contributed by atoms with Crippen LogP contribution in [0.2, 0.25) is 0 Å². The summed E-state index contributed by atoms with van der Waals surface area (Å²) in [6.07, 6.45) is 3.59. The molecule has 4 nitrogen and oxygen atoms in total. The Kier molecular flexibility index (Phi) is 4.86. The van der Waals surface area contributed by atoms with Gasteiger partial charge in [0.1, 0.15) is 0 Å². The normalized spacial score (nSPS) is 21.7. The number of nitrogens with zero attached hydrogens (tertiary/aromatic N) is 2. The first-order chi connectivity index (χ1) is 10.1. The van der Waals surface area contributed by atoms with Crippen molar-refractivity contribution < 1.29 is 0 Å². The lowest BCUT2D eigenvalue weighted by Crippen LogP contribution is -2.57. The summed E-state index contributed by atoms with van der Waals surface area (Å²) in [6, 6.07) is 8.76. The van der Waals surface area contributed by atoms with E-state index in [1.807, 2.05) is 11.8 Å². The van der Waals surface area contributed by atoms with Crippen LogP contribution in [0, 0.1) is 0 Å². The minimum absolute atomic E-state index is 0.0372. The molecular formula is C16H26N4S. The molecule has 0 amide bonds. The van der Waals surface area contributed by atoms with E-state index in [9.17, 15) is 0 Å². The topological polar surface area (TPSA) is 44.5 Å². The average Bonchev–Trinajstić information content (AvgIpc) is 2.64. The molecule has 1 heterocycles. The van der Waals surface area contributed by atoms with Gasteiger partial charge in [-0.3, -0.25) is 10.3 Å². The van der Waals surface area contributed by atoms with E-state index in [1.54, 1.807) is 0 Å². The van der Waals surface area contributed by atoms with Gasteiger partial charge >= 0.3 is 0 Å². The summed E-state index contributed by atoms with van der Waals surface area (Å²) in [7, 11) is 2.12. The summed E-state index contributed by atoms with van der Waals surface area (Å²) >= 11 is 1.97. The maximum Gasteiger partial charge on any atom is 0.0645 e. The van der Waals surface area contributed by atoms with Gasteiger partial charge < -0.3 is 5.73 Å². The Hall–Kier alpha value is -0.590. The lowest BCUT2D eigenvalue weighted by molar-refractivity contribution is 0.0892. The summed E-state index contributed by atoms with van der Waals surface area (Å²) in [4.78, 5) is 3.93. The highest BCUT2D eigenvalue weighted by Crippen LogP contribution is 2.28. The first kappa shape index (κ1) is 15.3. The van der Waals surface area contributed by atoms with Gasteiger partial charge in [-0.05, 0) is 30.9 Å². The summed E-state index contributed by atoms with van der Waals surface area (Å²) in [5, 5.41) is 2.19. The van der Waals surface area contributed by atoms with Crippen molar-refractivity contribution in [2.24, 2.45) is 5.73 Å². The van der Waals surface area contributed by atoms with E-state index in [4.69, 9.17) is 5.73 Å².